The number of hydrogen-bond donors (Lipinski definition) is 2. The molecule has 0 aromatic heterocycles. The lowest BCUT2D eigenvalue weighted by molar-refractivity contribution is 0.262. The molecule has 0 saturated carbocycles. The number of ether oxygens (including phenoxy) is 1. The lowest BCUT2D eigenvalue weighted by atomic mass is 10.1. The van der Waals surface area contributed by atoms with E-state index in [1.807, 2.05) is 43.3 Å². The van der Waals surface area contributed by atoms with Crippen LogP contribution in [0.3, 0.4) is 0 Å². The van der Waals surface area contributed by atoms with Gasteiger partial charge >= 0.3 is 6.03 Å². The molecule has 23 heavy (non-hydrogen) atoms. The standard InChI is InChI=1S/C19H24N2O2/c1-3-5-6-15-7-9-16(10-8-15)20-19(22)21-17-11-13-18(14-12-17)23-4-2/h7-14H,3-6H2,1-2H3,(H2,20,21,22). The molecule has 0 fully saturated rings. The van der Waals surface area contributed by atoms with Crippen molar-refractivity contribution in [3.05, 3.63) is 54.1 Å². The van der Waals surface area contributed by atoms with Crippen LogP contribution >= 0.6 is 0 Å². The van der Waals surface area contributed by atoms with Crippen LogP contribution in [-0.2, 0) is 6.42 Å². The van der Waals surface area contributed by atoms with Crippen molar-refractivity contribution in [1.82, 2.24) is 0 Å². The number of amides is 2. The summed E-state index contributed by atoms with van der Waals surface area (Å²) in [7, 11) is 0. The predicted octanol–water partition coefficient (Wildman–Crippen LogP) is 5.07. The molecule has 4 heteroatoms. The molecule has 0 aliphatic rings. The molecular weight excluding hydrogens is 288 g/mol. The first-order chi connectivity index (χ1) is 11.2. The lowest BCUT2D eigenvalue weighted by Crippen LogP contribution is -2.19. The summed E-state index contributed by atoms with van der Waals surface area (Å²) in [6.45, 7) is 4.75. The summed E-state index contributed by atoms with van der Waals surface area (Å²) < 4.78 is 5.37. The Morgan fingerprint density at radius 2 is 1.48 bits per heavy atom. The maximum Gasteiger partial charge on any atom is 0.323 e. The minimum atomic E-state index is -0.254. The third-order valence-corrected chi connectivity index (χ3v) is 3.45. The highest BCUT2D eigenvalue weighted by atomic mass is 16.5. The Labute approximate surface area is 137 Å². The third kappa shape index (κ3) is 5.66. The Kier molecular flexibility index (Phi) is 6.48. The van der Waals surface area contributed by atoms with E-state index >= 15 is 0 Å². The summed E-state index contributed by atoms with van der Waals surface area (Å²) >= 11 is 0. The second-order valence-electron chi connectivity index (χ2n) is 5.34. The second-order valence-corrected chi connectivity index (χ2v) is 5.34. The molecule has 0 spiro atoms. The van der Waals surface area contributed by atoms with Gasteiger partial charge in [-0.1, -0.05) is 25.5 Å². The van der Waals surface area contributed by atoms with Gasteiger partial charge < -0.3 is 15.4 Å². The number of aryl methyl sites for hydroxylation is 1. The van der Waals surface area contributed by atoms with Gasteiger partial charge in [0.05, 0.1) is 6.61 Å². The lowest BCUT2D eigenvalue weighted by Gasteiger charge is -2.09. The van der Waals surface area contributed by atoms with Crippen molar-refractivity contribution in [3.63, 3.8) is 0 Å². The van der Waals surface area contributed by atoms with Crippen molar-refractivity contribution in [2.75, 3.05) is 17.2 Å². The minimum Gasteiger partial charge on any atom is -0.494 e. The zero-order valence-corrected chi connectivity index (χ0v) is 13.8. The summed E-state index contributed by atoms with van der Waals surface area (Å²) in [4.78, 5) is 12.0. The van der Waals surface area contributed by atoms with E-state index in [4.69, 9.17) is 4.74 Å². The topological polar surface area (TPSA) is 50.4 Å². The first-order valence-corrected chi connectivity index (χ1v) is 8.11. The van der Waals surface area contributed by atoms with Crippen molar-refractivity contribution >= 4 is 17.4 Å². The molecule has 2 amide bonds. The van der Waals surface area contributed by atoms with Crippen LogP contribution in [-0.4, -0.2) is 12.6 Å². The predicted molar refractivity (Wildman–Crippen MR) is 95.3 cm³/mol. The highest BCUT2D eigenvalue weighted by molar-refractivity contribution is 5.99. The van der Waals surface area contributed by atoms with Gasteiger partial charge in [0, 0.05) is 11.4 Å². The van der Waals surface area contributed by atoms with Crippen LogP contribution in [0.4, 0.5) is 16.2 Å². The monoisotopic (exact) mass is 312 g/mol. The van der Waals surface area contributed by atoms with E-state index in [2.05, 4.69) is 29.7 Å². The SMILES string of the molecule is CCCCc1ccc(NC(=O)Nc2ccc(OCC)cc2)cc1. The fourth-order valence-electron chi connectivity index (χ4n) is 2.23. The largest absolute Gasteiger partial charge is 0.494 e. The van der Waals surface area contributed by atoms with Gasteiger partial charge in [-0.25, -0.2) is 4.79 Å². The van der Waals surface area contributed by atoms with E-state index in [9.17, 15) is 4.79 Å². The van der Waals surface area contributed by atoms with Crippen LogP contribution in [0.2, 0.25) is 0 Å². The van der Waals surface area contributed by atoms with Gasteiger partial charge in [-0.3, -0.25) is 0 Å². The molecule has 2 aromatic carbocycles. The van der Waals surface area contributed by atoms with Crippen LogP contribution in [0.15, 0.2) is 48.5 Å². The molecule has 2 aromatic rings. The molecule has 0 atom stereocenters. The number of carbonyl (C=O) groups excluding carboxylic acids is 1. The van der Waals surface area contributed by atoms with Gasteiger partial charge in [0.25, 0.3) is 0 Å². The van der Waals surface area contributed by atoms with Crippen molar-refractivity contribution in [1.29, 1.82) is 0 Å². The van der Waals surface area contributed by atoms with E-state index in [1.54, 1.807) is 0 Å². The Hall–Kier alpha value is -2.49. The van der Waals surface area contributed by atoms with Crippen LogP contribution in [0.1, 0.15) is 32.3 Å². The molecule has 0 aliphatic carbocycles. The van der Waals surface area contributed by atoms with Gasteiger partial charge in [-0.05, 0) is 61.7 Å². The minimum absolute atomic E-state index is 0.254. The number of hydrogen-bond acceptors (Lipinski definition) is 2. The van der Waals surface area contributed by atoms with Crippen LogP contribution in [0.5, 0.6) is 5.75 Å². The Bertz CT molecular complexity index is 606. The van der Waals surface area contributed by atoms with Crippen LogP contribution in [0, 0.1) is 0 Å². The van der Waals surface area contributed by atoms with E-state index in [0.717, 1.165) is 23.5 Å². The zero-order valence-electron chi connectivity index (χ0n) is 13.8. The van der Waals surface area contributed by atoms with Crippen LogP contribution in [0.25, 0.3) is 0 Å². The fourth-order valence-corrected chi connectivity index (χ4v) is 2.23. The average Bonchev–Trinajstić information content (AvgIpc) is 2.56. The molecule has 0 radical (unpaired) electrons. The van der Waals surface area contributed by atoms with Gasteiger partial charge in [0.15, 0.2) is 0 Å². The zero-order chi connectivity index (χ0) is 16.5. The Morgan fingerprint density at radius 3 is 2.00 bits per heavy atom. The molecule has 0 aliphatic heterocycles. The highest BCUT2D eigenvalue weighted by Crippen LogP contribution is 2.16. The first kappa shape index (κ1) is 16.9. The summed E-state index contributed by atoms with van der Waals surface area (Å²) in [6, 6.07) is 15.0. The molecule has 122 valence electrons. The molecule has 0 heterocycles. The van der Waals surface area contributed by atoms with Gasteiger partial charge in [0.2, 0.25) is 0 Å². The number of unbranched alkanes of at least 4 members (excludes halogenated alkanes) is 1. The molecule has 2 rings (SSSR count). The summed E-state index contributed by atoms with van der Waals surface area (Å²) in [5, 5.41) is 5.64. The van der Waals surface area contributed by atoms with Crippen molar-refractivity contribution < 1.29 is 9.53 Å². The fraction of sp³-hybridized carbons (Fsp3) is 0.316. The molecule has 0 saturated heterocycles. The summed E-state index contributed by atoms with van der Waals surface area (Å²) in [5.41, 5.74) is 2.81. The molecule has 2 N–H and O–H groups in total. The van der Waals surface area contributed by atoms with Gasteiger partial charge in [-0.15, -0.1) is 0 Å². The number of carbonyl (C=O) groups is 1. The molecule has 0 bridgehead atoms. The van der Waals surface area contributed by atoms with Crippen molar-refractivity contribution in [2.45, 2.75) is 33.1 Å². The third-order valence-electron chi connectivity index (χ3n) is 3.45. The van der Waals surface area contributed by atoms with Gasteiger partial charge in [-0.2, -0.15) is 0 Å². The Balaban J connectivity index is 1.86. The molecule has 4 nitrogen and oxygen atoms in total. The van der Waals surface area contributed by atoms with E-state index < -0.39 is 0 Å². The maximum atomic E-state index is 12.0. The number of rotatable bonds is 7. The summed E-state index contributed by atoms with van der Waals surface area (Å²) in [5.74, 6) is 0.793. The Morgan fingerprint density at radius 1 is 0.913 bits per heavy atom. The van der Waals surface area contributed by atoms with E-state index in [1.165, 1.54) is 18.4 Å². The second kappa shape index (κ2) is 8.83. The van der Waals surface area contributed by atoms with Crippen LogP contribution < -0.4 is 15.4 Å². The van der Waals surface area contributed by atoms with Crippen molar-refractivity contribution in [2.24, 2.45) is 0 Å². The molecule has 0 unspecified atom stereocenters. The number of benzene rings is 2. The smallest absolute Gasteiger partial charge is 0.323 e. The normalized spacial score (nSPS) is 10.2. The molecular formula is C19H24N2O2. The quantitative estimate of drug-likeness (QED) is 0.749. The van der Waals surface area contributed by atoms with Crippen molar-refractivity contribution in [3.8, 4) is 5.75 Å². The average molecular weight is 312 g/mol. The number of anilines is 2. The number of nitrogens with one attached hydrogen (secondary N) is 2. The van der Waals surface area contributed by atoms with Gasteiger partial charge in [0.1, 0.15) is 5.75 Å². The first-order valence-electron chi connectivity index (χ1n) is 8.11. The van der Waals surface area contributed by atoms with E-state index in [-0.39, 0.29) is 6.03 Å². The maximum absolute atomic E-state index is 12.0. The summed E-state index contributed by atoms with van der Waals surface area (Å²) in [6.07, 6.45) is 3.45. The number of urea groups is 1. The van der Waals surface area contributed by atoms with E-state index in [0.29, 0.717) is 6.61 Å². The highest BCUT2D eigenvalue weighted by Gasteiger charge is 2.03.